The Morgan fingerprint density at radius 1 is 1.19 bits per heavy atom. The van der Waals surface area contributed by atoms with Crippen LogP contribution in [0.5, 0.6) is 0 Å². The van der Waals surface area contributed by atoms with E-state index < -0.39 is 0 Å². The fraction of sp³-hybridized carbons (Fsp3) is 0.222. The third kappa shape index (κ3) is 4.71. The molecule has 0 saturated heterocycles. The Bertz CT molecular complexity index is 427. The Balaban J connectivity index is 0.00000225. The van der Waals surface area contributed by atoms with Crippen molar-refractivity contribution in [2.75, 3.05) is 18.0 Å². The van der Waals surface area contributed by atoms with Gasteiger partial charge in [-0.25, -0.2) is 0 Å². The first-order valence-electron chi connectivity index (χ1n) is 4.34. The van der Waals surface area contributed by atoms with Crippen molar-refractivity contribution in [2.24, 2.45) is 0 Å². The van der Waals surface area contributed by atoms with Gasteiger partial charge in [-0.3, -0.25) is 0 Å². The van der Waals surface area contributed by atoms with Crippen LogP contribution in [0.1, 0.15) is 0 Å². The topological polar surface area (TPSA) is 47.7 Å². The Labute approximate surface area is 127 Å². The van der Waals surface area contributed by atoms with Crippen molar-refractivity contribution >= 4 is 59.9 Å². The molecule has 0 amide bonds. The fourth-order valence-corrected chi connectivity index (χ4v) is 1.53. The van der Waals surface area contributed by atoms with Crippen molar-refractivity contribution in [3.8, 4) is 0 Å². The summed E-state index contributed by atoms with van der Waals surface area (Å²) in [6.45, 7) is 8.66. The number of nitrogens with zero attached hydrogens (tertiary/aromatic N) is 2. The standard InChI is InChI=1S/C9H12N4S2.Na/c1-3-5-13(6-4-2)7-10-8(14)12-9(15)11-7;/h3-4H,1-2,5-6H2,(H2,10,11,12,14,15);. The Kier molecular flexibility index (Phi) is 7.78. The van der Waals surface area contributed by atoms with E-state index in [0.717, 1.165) is 0 Å². The molecule has 16 heavy (non-hydrogen) atoms. The van der Waals surface area contributed by atoms with Gasteiger partial charge < -0.3 is 14.9 Å². The van der Waals surface area contributed by atoms with Crippen LogP contribution in [-0.4, -0.2) is 57.6 Å². The molecule has 1 heterocycles. The Hall–Kier alpha value is -0.270. The van der Waals surface area contributed by atoms with Crippen molar-refractivity contribution in [3.63, 3.8) is 0 Å². The molecule has 0 atom stereocenters. The maximum absolute atomic E-state index is 4.98. The third-order valence-electron chi connectivity index (χ3n) is 1.65. The summed E-state index contributed by atoms with van der Waals surface area (Å²) in [6.07, 6.45) is 3.56. The van der Waals surface area contributed by atoms with Crippen molar-refractivity contribution in [2.45, 2.75) is 0 Å². The van der Waals surface area contributed by atoms with Crippen LogP contribution in [0.25, 0.3) is 0 Å². The average molecular weight is 263 g/mol. The van der Waals surface area contributed by atoms with Gasteiger partial charge in [-0.1, -0.05) is 12.2 Å². The van der Waals surface area contributed by atoms with E-state index >= 15 is 0 Å². The number of hydrogen-bond donors (Lipinski definition) is 2. The monoisotopic (exact) mass is 263 g/mol. The summed E-state index contributed by atoms with van der Waals surface area (Å²) in [5.74, 6) is 0.628. The van der Waals surface area contributed by atoms with Crippen LogP contribution in [0.3, 0.4) is 0 Å². The third-order valence-corrected chi connectivity index (χ3v) is 2.05. The van der Waals surface area contributed by atoms with E-state index in [0.29, 0.717) is 28.6 Å². The zero-order chi connectivity index (χ0) is 11.3. The molecule has 0 saturated carbocycles. The van der Waals surface area contributed by atoms with Crippen molar-refractivity contribution in [3.05, 3.63) is 34.9 Å². The predicted octanol–water partition coefficient (Wildman–Crippen LogP) is 1.99. The first-order valence-corrected chi connectivity index (χ1v) is 5.16. The number of aromatic nitrogens is 3. The van der Waals surface area contributed by atoms with E-state index in [-0.39, 0.29) is 29.6 Å². The molecule has 0 spiro atoms. The van der Waals surface area contributed by atoms with Gasteiger partial charge in [-0.05, 0) is 24.4 Å². The molecule has 0 aliphatic carbocycles. The minimum absolute atomic E-state index is 0. The van der Waals surface area contributed by atoms with Gasteiger partial charge in [0.15, 0.2) is 4.77 Å². The minimum Gasteiger partial charge on any atom is -0.335 e. The molecule has 0 unspecified atom stereocenters. The summed E-state index contributed by atoms with van der Waals surface area (Å²) in [4.78, 5) is 11.7. The fourth-order valence-electron chi connectivity index (χ4n) is 1.09. The van der Waals surface area contributed by atoms with Gasteiger partial charge >= 0.3 is 0 Å². The normalized spacial score (nSPS) is 9.00. The maximum Gasteiger partial charge on any atom is 0.208 e. The first kappa shape index (κ1) is 15.7. The molecule has 81 valence electrons. The maximum atomic E-state index is 4.98. The predicted molar refractivity (Wildman–Crippen MR) is 73.0 cm³/mol. The van der Waals surface area contributed by atoms with Crippen LogP contribution < -0.4 is 4.90 Å². The van der Waals surface area contributed by atoms with Crippen LogP contribution in [0.4, 0.5) is 5.95 Å². The second kappa shape index (κ2) is 7.92. The zero-order valence-electron chi connectivity index (χ0n) is 9.19. The number of H-pyrrole nitrogens is 2. The summed E-state index contributed by atoms with van der Waals surface area (Å²) in [5.41, 5.74) is 0. The van der Waals surface area contributed by atoms with Crippen molar-refractivity contribution < 1.29 is 0 Å². The molecule has 1 aromatic heterocycles. The van der Waals surface area contributed by atoms with E-state index in [9.17, 15) is 0 Å². The number of rotatable bonds is 5. The van der Waals surface area contributed by atoms with Gasteiger partial charge in [-0.2, -0.15) is 4.98 Å². The molecule has 0 aliphatic rings. The molecule has 0 bridgehead atoms. The van der Waals surface area contributed by atoms with E-state index in [2.05, 4.69) is 28.1 Å². The minimum atomic E-state index is 0. The van der Waals surface area contributed by atoms with Crippen LogP contribution in [0.15, 0.2) is 25.3 Å². The van der Waals surface area contributed by atoms with E-state index in [4.69, 9.17) is 24.4 Å². The van der Waals surface area contributed by atoms with Gasteiger partial charge in [0.25, 0.3) is 0 Å². The van der Waals surface area contributed by atoms with Crippen molar-refractivity contribution in [1.82, 2.24) is 15.0 Å². The Morgan fingerprint density at radius 3 is 2.19 bits per heavy atom. The number of nitrogens with one attached hydrogen (secondary N) is 2. The molecule has 7 heteroatoms. The molecule has 4 nitrogen and oxygen atoms in total. The average Bonchev–Trinajstić information content (AvgIpc) is 2.16. The van der Waals surface area contributed by atoms with Gasteiger partial charge in [0, 0.05) is 42.6 Å². The second-order valence-electron chi connectivity index (χ2n) is 2.80. The molecule has 1 rings (SSSR count). The van der Waals surface area contributed by atoms with Crippen LogP contribution in [-0.2, 0) is 0 Å². The molecule has 1 radical (unpaired) electrons. The first-order chi connectivity index (χ1) is 7.17. The largest absolute Gasteiger partial charge is 0.335 e. The van der Waals surface area contributed by atoms with E-state index in [1.807, 2.05) is 4.90 Å². The van der Waals surface area contributed by atoms with Gasteiger partial charge in [0.2, 0.25) is 10.7 Å². The Morgan fingerprint density at radius 2 is 1.75 bits per heavy atom. The summed E-state index contributed by atoms with van der Waals surface area (Å²) in [5, 5.41) is 0. The molecular formula is C9H12N4NaS2. The van der Waals surface area contributed by atoms with Gasteiger partial charge in [0.05, 0.1) is 0 Å². The van der Waals surface area contributed by atoms with E-state index in [1.165, 1.54) is 0 Å². The van der Waals surface area contributed by atoms with Crippen LogP contribution in [0.2, 0.25) is 0 Å². The number of anilines is 1. The smallest absolute Gasteiger partial charge is 0.208 e. The van der Waals surface area contributed by atoms with Crippen LogP contribution in [0, 0.1) is 9.54 Å². The quantitative estimate of drug-likeness (QED) is 0.484. The summed E-state index contributed by atoms with van der Waals surface area (Å²) in [6, 6.07) is 0. The molecule has 0 aromatic carbocycles. The van der Waals surface area contributed by atoms with E-state index in [1.54, 1.807) is 12.2 Å². The van der Waals surface area contributed by atoms with Gasteiger partial charge in [0.1, 0.15) is 0 Å². The molecule has 0 fully saturated rings. The summed E-state index contributed by atoms with van der Waals surface area (Å²) in [7, 11) is 0. The zero-order valence-corrected chi connectivity index (χ0v) is 12.8. The summed E-state index contributed by atoms with van der Waals surface area (Å²) < 4.78 is 0.829. The molecule has 0 aliphatic heterocycles. The number of aromatic amines is 2. The second-order valence-corrected chi connectivity index (χ2v) is 3.60. The molecule has 1 aromatic rings. The number of hydrogen-bond acceptors (Lipinski definition) is 4. The van der Waals surface area contributed by atoms with Crippen molar-refractivity contribution in [1.29, 1.82) is 0 Å². The molecule has 2 N–H and O–H groups in total. The summed E-state index contributed by atoms with van der Waals surface area (Å²) >= 11 is 9.92. The van der Waals surface area contributed by atoms with Gasteiger partial charge in [-0.15, -0.1) is 13.2 Å². The molecular weight excluding hydrogens is 251 g/mol. The van der Waals surface area contributed by atoms with Crippen LogP contribution >= 0.6 is 24.4 Å². The SMILES string of the molecule is C=CCN(CC=C)c1nc(=S)[nH]c(=S)[nH]1.[Na].